The largest absolute Gasteiger partial charge is 0.391 e. The Hall–Kier alpha value is -2.10. The van der Waals surface area contributed by atoms with E-state index in [0.29, 0.717) is 0 Å². The Kier molecular flexibility index (Phi) is 6.74. The summed E-state index contributed by atoms with van der Waals surface area (Å²) in [5.41, 5.74) is -0.0509. The second-order valence-electron chi connectivity index (χ2n) is 7.73. The minimum atomic E-state index is -4.25. The first kappa shape index (κ1) is 22.6. The van der Waals surface area contributed by atoms with E-state index >= 15 is 0 Å². The third-order valence-corrected chi connectivity index (χ3v) is 6.07. The monoisotopic (exact) mass is 453 g/mol. The lowest BCUT2D eigenvalue weighted by atomic mass is 9.78. The number of carbonyl (C=O) groups is 2. The summed E-state index contributed by atoms with van der Waals surface area (Å²) in [6.07, 6.45) is -3.61. The lowest BCUT2D eigenvalue weighted by Crippen LogP contribution is -2.45. The van der Waals surface area contributed by atoms with Gasteiger partial charge < -0.3 is 16.0 Å². The predicted molar refractivity (Wildman–Crippen MR) is 98.7 cm³/mol. The molecule has 2 atom stereocenters. The summed E-state index contributed by atoms with van der Waals surface area (Å²) in [4.78, 5) is 23.8. The summed E-state index contributed by atoms with van der Waals surface area (Å²) in [7, 11) is 0. The van der Waals surface area contributed by atoms with Crippen molar-refractivity contribution in [3.8, 4) is 0 Å². The molecule has 1 heterocycles. The van der Waals surface area contributed by atoms with Gasteiger partial charge in [-0.05, 0) is 44.1 Å². The first-order chi connectivity index (χ1) is 14.1. The lowest BCUT2D eigenvalue weighted by molar-refractivity contribution is -0.184. The van der Waals surface area contributed by atoms with E-state index in [1.165, 1.54) is 0 Å². The van der Waals surface area contributed by atoms with Gasteiger partial charge in [-0.15, -0.1) is 0 Å². The molecular weight excluding hydrogens is 433 g/mol. The molecule has 5 nitrogen and oxygen atoms in total. The number of urea groups is 1. The maximum atomic E-state index is 14.6. The van der Waals surface area contributed by atoms with Crippen molar-refractivity contribution in [2.75, 3.05) is 6.54 Å². The molecular formula is C19H21ClF5N3O2. The highest BCUT2D eigenvalue weighted by Crippen LogP contribution is 2.42. The molecule has 0 aromatic heterocycles. The van der Waals surface area contributed by atoms with Gasteiger partial charge in [0, 0.05) is 12.1 Å². The fraction of sp³-hybridized carbons (Fsp3) is 0.579. The lowest BCUT2D eigenvalue weighted by Gasteiger charge is -2.32. The van der Waals surface area contributed by atoms with Gasteiger partial charge in [0.2, 0.25) is 5.91 Å². The number of carbonyl (C=O) groups excluding carboxylic acids is 2. The standard InChI is InChI=1S/C19H21ClF5N3O2/c20-15-12(21)6-5-11(16(15)22)13(27-17(29)14-8-26-18(30)28-14)7-9-1-3-10(4-2-9)19(23,24)25/h5-6,9-10,13-14H,1-4,7-8H2,(H,27,29)(H2,26,28,30). The van der Waals surface area contributed by atoms with Crippen LogP contribution in [0.2, 0.25) is 5.02 Å². The van der Waals surface area contributed by atoms with Crippen LogP contribution in [0.15, 0.2) is 12.1 Å². The van der Waals surface area contributed by atoms with Crippen molar-refractivity contribution in [2.45, 2.75) is 50.4 Å². The van der Waals surface area contributed by atoms with Crippen LogP contribution >= 0.6 is 11.6 Å². The number of rotatable bonds is 5. The third-order valence-electron chi connectivity index (χ3n) is 5.72. The Morgan fingerprint density at radius 3 is 2.43 bits per heavy atom. The zero-order chi connectivity index (χ0) is 22.1. The maximum Gasteiger partial charge on any atom is 0.391 e. The number of hydrogen-bond donors (Lipinski definition) is 3. The zero-order valence-electron chi connectivity index (χ0n) is 15.8. The van der Waals surface area contributed by atoms with Crippen LogP contribution in [0, 0.1) is 23.5 Å². The van der Waals surface area contributed by atoms with Crippen LogP contribution in [0.3, 0.4) is 0 Å². The highest BCUT2D eigenvalue weighted by atomic mass is 35.5. The number of amides is 3. The highest BCUT2D eigenvalue weighted by Gasteiger charge is 2.42. The minimum absolute atomic E-state index is 0.0376. The maximum absolute atomic E-state index is 14.6. The minimum Gasteiger partial charge on any atom is -0.347 e. The average Bonchev–Trinajstić information content (AvgIpc) is 3.12. The smallest absolute Gasteiger partial charge is 0.347 e. The van der Waals surface area contributed by atoms with E-state index in [2.05, 4.69) is 16.0 Å². The van der Waals surface area contributed by atoms with E-state index in [9.17, 15) is 31.5 Å². The number of nitrogens with one attached hydrogen (secondary N) is 3. The Morgan fingerprint density at radius 2 is 1.87 bits per heavy atom. The zero-order valence-corrected chi connectivity index (χ0v) is 16.5. The van der Waals surface area contributed by atoms with E-state index in [-0.39, 0.29) is 50.1 Å². The van der Waals surface area contributed by atoms with Crippen LogP contribution in [-0.4, -0.2) is 30.7 Å². The molecule has 1 saturated carbocycles. The summed E-state index contributed by atoms with van der Waals surface area (Å²) in [6, 6.07) is -0.193. The summed E-state index contributed by atoms with van der Waals surface area (Å²) in [6.45, 7) is 0.0424. The van der Waals surface area contributed by atoms with E-state index in [0.717, 1.165) is 12.1 Å². The van der Waals surface area contributed by atoms with Crippen molar-refractivity contribution in [3.63, 3.8) is 0 Å². The van der Waals surface area contributed by atoms with Gasteiger partial charge in [-0.3, -0.25) is 4.79 Å². The van der Waals surface area contributed by atoms with Crippen molar-refractivity contribution in [1.29, 1.82) is 0 Å². The SMILES string of the molecule is O=C1NCC(C(=O)NC(CC2CCC(C(F)(F)F)CC2)c2ccc(F)c(Cl)c2F)N1. The third kappa shape index (κ3) is 5.14. The summed E-state index contributed by atoms with van der Waals surface area (Å²) in [5, 5.41) is 6.75. The van der Waals surface area contributed by atoms with Gasteiger partial charge in [0.25, 0.3) is 0 Å². The van der Waals surface area contributed by atoms with Crippen LogP contribution in [-0.2, 0) is 4.79 Å². The van der Waals surface area contributed by atoms with Crippen molar-refractivity contribution in [2.24, 2.45) is 11.8 Å². The van der Waals surface area contributed by atoms with Gasteiger partial charge in [0.1, 0.15) is 22.7 Å². The van der Waals surface area contributed by atoms with Crippen LogP contribution in [0.1, 0.15) is 43.7 Å². The Morgan fingerprint density at radius 1 is 1.20 bits per heavy atom. The molecule has 1 saturated heterocycles. The Bertz CT molecular complexity index is 812. The van der Waals surface area contributed by atoms with Crippen molar-refractivity contribution in [3.05, 3.63) is 34.4 Å². The summed E-state index contributed by atoms with van der Waals surface area (Å²) >= 11 is 5.67. The molecule has 2 fully saturated rings. The molecule has 0 spiro atoms. The van der Waals surface area contributed by atoms with Gasteiger partial charge in [0.15, 0.2) is 0 Å². The van der Waals surface area contributed by atoms with Crippen molar-refractivity contribution < 1.29 is 31.5 Å². The average molecular weight is 454 g/mol. The van der Waals surface area contributed by atoms with E-state index in [1.54, 1.807) is 0 Å². The first-order valence-corrected chi connectivity index (χ1v) is 9.99. The molecule has 1 aromatic carbocycles. The molecule has 2 unspecified atom stereocenters. The fourth-order valence-electron chi connectivity index (χ4n) is 4.02. The van der Waals surface area contributed by atoms with E-state index < -0.39 is 52.8 Å². The summed E-state index contributed by atoms with van der Waals surface area (Å²) in [5.74, 6) is -4.12. The molecule has 0 bridgehead atoms. The van der Waals surface area contributed by atoms with Crippen molar-refractivity contribution in [1.82, 2.24) is 16.0 Å². The fourth-order valence-corrected chi connectivity index (χ4v) is 4.19. The Balaban J connectivity index is 1.76. The van der Waals surface area contributed by atoms with Gasteiger partial charge in [-0.1, -0.05) is 17.7 Å². The number of alkyl halides is 3. The van der Waals surface area contributed by atoms with E-state index in [1.807, 2.05) is 0 Å². The molecule has 30 heavy (non-hydrogen) atoms. The van der Waals surface area contributed by atoms with Gasteiger partial charge >= 0.3 is 12.2 Å². The quantitative estimate of drug-likeness (QED) is 0.461. The molecule has 11 heteroatoms. The van der Waals surface area contributed by atoms with Crippen LogP contribution in [0.5, 0.6) is 0 Å². The first-order valence-electron chi connectivity index (χ1n) is 9.61. The predicted octanol–water partition coefficient (Wildman–Crippen LogP) is 4.22. The van der Waals surface area contributed by atoms with Gasteiger partial charge in [0.05, 0.1) is 12.0 Å². The molecule has 1 aliphatic heterocycles. The summed E-state index contributed by atoms with van der Waals surface area (Å²) < 4.78 is 66.9. The molecule has 2 aliphatic rings. The van der Waals surface area contributed by atoms with Gasteiger partial charge in [-0.25, -0.2) is 13.6 Å². The van der Waals surface area contributed by atoms with Gasteiger partial charge in [-0.2, -0.15) is 13.2 Å². The molecule has 1 aliphatic carbocycles. The van der Waals surface area contributed by atoms with Crippen LogP contribution in [0.4, 0.5) is 26.7 Å². The molecule has 3 rings (SSSR count). The molecule has 0 radical (unpaired) electrons. The molecule has 3 amide bonds. The molecule has 1 aromatic rings. The highest BCUT2D eigenvalue weighted by molar-refractivity contribution is 6.31. The number of hydrogen-bond acceptors (Lipinski definition) is 2. The van der Waals surface area contributed by atoms with Crippen molar-refractivity contribution >= 4 is 23.5 Å². The number of benzene rings is 1. The normalized spacial score (nSPS) is 25.4. The number of halogens is 6. The second-order valence-corrected chi connectivity index (χ2v) is 8.11. The Labute approximate surface area is 174 Å². The van der Waals surface area contributed by atoms with Crippen LogP contribution < -0.4 is 16.0 Å². The van der Waals surface area contributed by atoms with Crippen LogP contribution in [0.25, 0.3) is 0 Å². The second kappa shape index (κ2) is 8.95. The van der Waals surface area contributed by atoms with E-state index in [4.69, 9.17) is 11.6 Å². The molecule has 166 valence electrons. The molecule has 3 N–H and O–H groups in total. The topological polar surface area (TPSA) is 70.2 Å².